The third-order valence-corrected chi connectivity index (χ3v) is 4.82. The Balaban J connectivity index is 1.76. The molecular formula is C16H22ClNO. The van der Waals surface area contributed by atoms with Crippen LogP contribution in [0.1, 0.15) is 31.2 Å². The Hall–Kier alpha value is -0.570. The second kappa shape index (κ2) is 5.82. The van der Waals surface area contributed by atoms with E-state index in [0.717, 1.165) is 50.1 Å². The Morgan fingerprint density at radius 2 is 1.95 bits per heavy atom. The normalized spacial score (nSPS) is 22.4. The molecule has 1 aromatic rings. The minimum absolute atomic E-state index is 0.158. The zero-order valence-corrected chi connectivity index (χ0v) is 12.1. The molecule has 2 aliphatic rings. The van der Waals surface area contributed by atoms with Crippen LogP contribution in [-0.4, -0.2) is 26.3 Å². The van der Waals surface area contributed by atoms with Gasteiger partial charge in [0, 0.05) is 30.2 Å². The first-order valence-electron chi connectivity index (χ1n) is 7.34. The summed E-state index contributed by atoms with van der Waals surface area (Å²) in [5, 5.41) is 4.57. The Morgan fingerprint density at radius 3 is 2.63 bits per heavy atom. The van der Waals surface area contributed by atoms with Crippen LogP contribution in [0.5, 0.6) is 0 Å². The highest BCUT2D eigenvalue weighted by Gasteiger charge is 2.36. The summed E-state index contributed by atoms with van der Waals surface area (Å²) in [5.74, 6) is 0.920. The molecule has 0 radical (unpaired) electrons. The summed E-state index contributed by atoms with van der Waals surface area (Å²) in [6.45, 7) is 3.87. The molecule has 0 unspecified atom stereocenters. The first kappa shape index (κ1) is 13.4. The summed E-state index contributed by atoms with van der Waals surface area (Å²) >= 11 is 6.43. The van der Waals surface area contributed by atoms with Crippen molar-refractivity contribution in [3.63, 3.8) is 0 Å². The van der Waals surface area contributed by atoms with E-state index in [0.29, 0.717) is 0 Å². The summed E-state index contributed by atoms with van der Waals surface area (Å²) in [6.07, 6.45) is 4.92. The predicted octanol–water partition coefficient (Wildman–Crippen LogP) is 3.39. The lowest BCUT2D eigenvalue weighted by molar-refractivity contribution is 0.0499. The van der Waals surface area contributed by atoms with Gasteiger partial charge in [-0.25, -0.2) is 0 Å². The maximum atomic E-state index is 6.43. The molecule has 3 rings (SSSR count). The smallest absolute Gasteiger partial charge is 0.0475 e. The Bertz CT molecular complexity index is 425. The van der Waals surface area contributed by atoms with Gasteiger partial charge in [-0.1, -0.05) is 29.8 Å². The van der Waals surface area contributed by atoms with E-state index in [1.54, 1.807) is 0 Å². The maximum Gasteiger partial charge on any atom is 0.0475 e. The zero-order chi connectivity index (χ0) is 13.1. The number of hydrogen-bond acceptors (Lipinski definition) is 2. The summed E-state index contributed by atoms with van der Waals surface area (Å²) < 4.78 is 5.56. The molecule has 1 aliphatic carbocycles. The molecule has 1 saturated carbocycles. The molecule has 104 valence electrons. The predicted molar refractivity (Wildman–Crippen MR) is 78.8 cm³/mol. The van der Waals surface area contributed by atoms with Gasteiger partial charge in [0.2, 0.25) is 0 Å². The number of hydrogen-bond donors (Lipinski definition) is 1. The molecule has 0 spiro atoms. The highest BCUT2D eigenvalue weighted by Crippen LogP contribution is 2.38. The fourth-order valence-corrected chi connectivity index (χ4v) is 3.37. The number of ether oxygens (including phenoxy) is 1. The van der Waals surface area contributed by atoms with Gasteiger partial charge in [0.05, 0.1) is 0 Å². The van der Waals surface area contributed by atoms with Gasteiger partial charge in [0.25, 0.3) is 0 Å². The average molecular weight is 280 g/mol. The molecule has 0 atom stereocenters. The number of benzene rings is 1. The second-order valence-electron chi connectivity index (χ2n) is 5.95. The van der Waals surface area contributed by atoms with E-state index in [-0.39, 0.29) is 5.41 Å². The molecule has 19 heavy (non-hydrogen) atoms. The van der Waals surface area contributed by atoms with E-state index in [2.05, 4.69) is 17.4 Å². The van der Waals surface area contributed by atoms with Crippen LogP contribution in [0.3, 0.4) is 0 Å². The van der Waals surface area contributed by atoms with E-state index in [1.165, 1.54) is 18.4 Å². The van der Waals surface area contributed by atoms with Crippen LogP contribution >= 0.6 is 11.6 Å². The van der Waals surface area contributed by atoms with Crippen molar-refractivity contribution < 1.29 is 4.74 Å². The number of rotatable bonds is 5. The van der Waals surface area contributed by atoms with Crippen molar-refractivity contribution in [2.75, 3.05) is 26.3 Å². The lowest BCUT2D eigenvalue weighted by Gasteiger charge is -2.38. The lowest BCUT2D eigenvalue weighted by Crippen LogP contribution is -2.43. The van der Waals surface area contributed by atoms with Gasteiger partial charge in [-0.15, -0.1) is 0 Å². The van der Waals surface area contributed by atoms with E-state index in [4.69, 9.17) is 16.3 Å². The minimum Gasteiger partial charge on any atom is -0.381 e. The first-order valence-corrected chi connectivity index (χ1v) is 7.71. The van der Waals surface area contributed by atoms with Crippen molar-refractivity contribution in [2.24, 2.45) is 5.92 Å². The SMILES string of the molecule is Clc1ccccc1C1(CNCC2CC2)CCOCC1. The maximum absolute atomic E-state index is 6.43. The Kier molecular flexibility index (Phi) is 4.11. The highest BCUT2D eigenvalue weighted by atomic mass is 35.5. The van der Waals surface area contributed by atoms with Crippen LogP contribution in [0.25, 0.3) is 0 Å². The van der Waals surface area contributed by atoms with Crippen molar-refractivity contribution in [3.05, 3.63) is 34.9 Å². The van der Waals surface area contributed by atoms with E-state index >= 15 is 0 Å². The third kappa shape index (κ3) is 3.13. The van der Waals surface area contributed by atoms with Gasteiger partial charge in [-0.05, 0) is 49.8 Å². The quantitative estimate of drug-likeness (QED) is 0.892. The average Bonchev–Trinajstić information content (AvgIpc) is 3.24. The van der Waals surface area contributed by atoms with E-state index in [9.17, 15) is 0 Å². The molecule has 1 aromatic carbocycles. The van der Waals surface area contributed by atoms with Gasteiger partial charge in [-0.2, -0.15) is 0 Å². The van der Waals surface area contributed by atoms with Crippen LogP contribution in [0.15, 0.2) is 24.3 Å². The molecule has 1 aliphatic heterocycles. The monoisotopic (exact) mass is 279 g/mol. The Morgan fingerprint density at radius 1 is 1.21 bits per heavy atom. The summed E-state index contributed by atoms with van der Waals surface area (Å²) in [6, 6.07) is 8.30. The molecule has 1 saturated heterocycles. The number of halogens is 1. The molecule has 2 fully saturated rings. The molecule has 1 heterocycles. The molecule has 0 aromatic heterocycles. The fourth-order valence-electron chi connectivity index (χ4n) is 3.03. The van der Waals surface area contributed by atoms with E-state index < -0.39 is 0 Å². The van der Waals surface area contributed by atoms with Crippen molar-refractivity contribution in [2.45, 2.75) is 31.1 Å². The number of nitrogens with one attached hydrogen (secondary N) is 1. The summed E-state index contributed by atoms with van der Waals surface area (Å²) in [4.78, 5) is 0. The van der Waals surface area contributed by atoms with Gasteiger partial charge < -0.3 is 10.1 Å². The Labute approximate surface area is 120 Å². The van der Waals surface area contributed by atoms with Crippen molar-refractivity contribution in [3.8, 4) is 0 Å². The zero-order valence-electron chi connectivity index (χ0n) is 11.3. The molecule has 1 N–H and O–H groups in total. The summed E-state index contributed by atoms with van der Waals surface area (Å²) in [5.41, 5.74) is 1.45. The molecule has 0 bridgehead atoms. The highest BCUT2D eigenvalue weighted by molar-refractivity contribution is 6.31. The van der Waals surface area contributed by atoms with Crippen molar-refractivity contribution in [1.82, 2.24) is 5.32 Å². The lowest BCUT2D eigenvalue weighted by atomic mass is 9.74. The first-order chi connectivity index (χ1) is 9.30. The molecule has 0 amide bonds. The topological polar surface area (TPSA) is 21.3 Å². The van der Waals surface area contributed by atoms with E-state index in [1.807, 2.05) is 12.1 Å². The van der Waals surface area contributed by atoms with Crippen LogP contribution in [0, 0.1) is 5.92 Å². The van der Waals surface area contributed by atoms with Crippen LogP contribution in [0.4, 0.5) is 0 Å². The van der Waals surface area contributed by atoms with Gasteiger partial charge >= 0.3 is 0 Å². The van der Waals surface area contributed by atoms with Crippen molar-refractivity contribution >= 4 is 11.6 Å². The van der Waals surface area contributed by atoms with Gasteiger partial charge in [0.15, 0.2) is 0 Å². The second-order valence-corrected chi connectivity index (χ2v) is 6.35. The summed E-state index contributed by atoms with van der Waals surface area (Å²) in [7, 11) is 0. The van der Waals surface area contributed by atoms with Crippen LogP contribution < -0.4 is 5.32 Å². The van der Waals surface area contributed by atoms with Crippen LogP contribution in [0.2, 0.25) is 5.02 Å². The van der Waals surface area contributed by atoms with Gasteiger partial charge in [0.1, 0.15) is 0 Å². The largest absolute Gasteiger partial charge is 0.381 e. The molecule has 3 heteroatoms. The van der Waals surface area contributed by atoms with Crippen LogP contribution in [-0.2, 0) is 10.2 Å². The minimum atomic E-state index is 0.158. The molecular weight excluding hydrogens is 258 g/mol. The van der Waals surface area contributed by atoms with Gasteiger partial charge in [-0.3, -0.25) is 0 Å². The standard InChI is InChI=1S/C16H22ClNO/c17-15-4-2-1-3-14(15)16(7-9-19-10-8-16)12-18-11-13-5-6-13/h1-4,13,18H,5-12H2. The molecule has 2 nitrogen and oxygen atoms in total. The third-order valence-electron chi connectivity index (χ3n) is 4.49. The fraction of sp³-hybridized carbons (Fsp3) is 0.625. The van der Waals surface area contributed by atoms with Crippen molar-refractivity contribution in [1.29, 1.82) is 0 Å².